The van der Waals surface area contributed by atoms with Crippen LogP contribution in [-0.2, 0) is 0 Å². The molecule has 0 spiro atoms. The van der Waals surface area contributed by atoms with Crippen molar-refractivity contribution < 1.29 is 13.9 Å². The standard InChI is InChI=1S/C8H6Cl2O3/c9-3-11-6-1-5-2-7(12-4-10)8(6)13-5/h1-2H,3-4H2. The fraction of sp³-hybridized carbons (Fsp3) is 0.250. The zero-order valence-electron chi connectivity index (χ0n) is 6.55. The SMILES string of the molecule is ClCOc1cc2cc(OCCl)c1o2. The van der Waals surface area contributed by atoms with Crippen molar-refractivity contribution in [2.75, 3.05) is 12.1 Å². The third kappa shape index (κ3) is 1.49. The Morgan fingerprint density at radius 2 is 1.62 bits per heavy atom. The molecule has 0 atom stereocenters. The van der Waals surface area contributed by atoms with Gasteiger partial charge in [0.2, 0.25) is 5.58 Å². The number of ether oxygens (including phenoxy) is 2. The van der Waals surface area contributed by atoms with Gasteiger partial charge >= 0.3 is 0 Å². The van der Waals surface area contributed by atoms with Crippen molar-refractivity contribution in [1.82, 2.24) is 0 Å². The summed E-state index contributed by atoms with van der Waals surface area (Å²) < 4.78 is 15.5. The van der Waals surface area contributed by atoms with Gasteiger partial charge in [-0.25, -0.2) is 0 Å². The maximum absolute atomic E-state index is 5.42. The van der Waals surface area contributed by atoms with Crippen LogP contribution < -0.4 is 9.47 Å². The predicted octanol–water partition coefficient (Wildman–Crippen LogP) is 3.02. The molecule has 2 rings (SSSR count). The van der Waals surface area contributed by atoms with Crippen LogP contribution in [0.1, 0.15) is 0 Å². The Morgan fingerprint density at radius 3 is 2.00 bits per heavy atom. The normalized spacial score (nSPS) is 10.9. The van der Waals surface area contributed by atoms with Crippen LogP contribution in [0.3, 0.4) is 0 Å². The molecule has 0 N–H and O–H groups in total. The van der Waals surface area contributed by atoms with Crippen LogP contribution in [0.2, 0.25) is 0 Å². The van der Waals surface area contributed by atoms with E-state index in [0.717, 1.165) is 0 Å². The highest BCUT2D eigenvalue weighted by Gasteiger charge is 2.15. The monoisotopic (exact) mass is 220 g/mol. The zero-order chi connectivity index (χ0) is 9.26. The van der Waals surface area contributed by atoms with Crippen LogP contribution in [0.4, 0.5) is 0 Å². The molecule has 0 amide bonds. The summed E-state index contributed by atoms with van der Waals surface area (Å²) in [5.41, 5.74) is 1.24. The first kappa shape index (κ1) is 8.78. The Kier molecular flexibility index (Phi) is 2.38. The third-order valence-electron chi connectivity index (χ3n) is 1.63. The van der Waals surface area contributed by atoms with Gasteiger partial charge in [0.15, 0.2) is 23.6 Å². The van der Waals surface area contributed by atoms with Crippen molar-refractivity contribution in [3.63, 3.8) is 0 Å². The summed E-state index contributed by atoms with van der Waals surface area (Å²) in [6.45, 7) is 0. The van der Waals surface area contributed by atoms with Crippen LogP contribution >= 0.6 is 23.2 Å². The number of hydrogen-bond donors (Lipinski definition) is 0. The molecule has 0 saturated carbocycles. The smallest absolute Gasteiger partial charge is 0.211 e. The van der Waals surface area contributed by atoms with Gasteiger partial charge in [-0.15, -0.1) is 0 Å². The first-order valence-electron chi connectivity index (χ1n) is 3.58. The van der Waals surface area contributed by atoms with Crippen LogP contribution in [0.15, 0.2) is 16.5 Å². The molecule has 70 valence electrons. The average molecular weight is 221 g/mol. The number of alkyl halides is 2. The number of hydrogen-bond acceptors (Lipinski definition) is 3. The van der Waals surface area contributed by atoms with Crippen LogP contribution in [-0.4, -0.2) is 12.1 Å². The molecule has 2 bridgehead atoms. The number of halogens is 2. The summed E-state index contributed by atoms with van der Waals surface area (Å²) in [6, 6.07) is 3.66. The predicted molar refractivity (Wildman–Crippen MR) is 50.1 cm³/mol. The summed E-state index contributed by atoms with van der Waals surface area (Å²) in [4.78, 5) is 0. The Bertz CT molecular complexity index is 354. The van der Waals surface area contributed by atoms with Gasteiger partial charge in [-0.3, -0.25) is 0 Å². The highest BCUT2D eigenvalue weighted by Crippen LogP contribution is 2.38. The van der Waals surface area contributed by atoms with Crippen molar-refractivity contribution in [1.29, 1.82) is 0 Å². The highest BCUT2D eigenvalue weighted by molar-refractivity contribution is 6.17. The molecule has 0 aliphatic heterocycles. The fourth-order valence-corrected chi connectivity index (χ4v) is 1.40. The van der Waals surface area contributed by atoms with Crippen LogP contribution in [0, 0.1) is 0 Å². The Hall–Kier alpha value is -0.800. The molecule has 13 heavy (non-hydrogen) atoms. The van der Waals surface area contributed by atoms with Crippen LogP contribution in [0.25, 0.3) is 11.2 Å². The molecule has 0 unspecified atom stereocenters. The molecule has 3 nitrogen and oxygen atoms in total. The maximum atomic E-state index is 5.42. The topological polar surface area (TPSA) is 31.6 Å². The van der Waals surface area contributed by atoms with E-state index in [9.17, 15) is 0 Å². The Morgan fingerprint density at radius 1 is 1.08 bits per heavy atom. The van der Waals surface area contributed by atoms with Gasteiger partial charge in [-0.1, -0.05) is 23.2 Å². The average Bonchev–Trinajstić information content (AvgIpc) is 2.64. The van der Waals surface area contributed by atoms with E-state index in [1.807, 2.05) is 0 Å². The first-order chi connectivity index (χ1) is 6.35. The summed E-state index contributed by atoms with van der Waals surface area (Å²) in [5, 5.41) is 0. The molecule has 5 heteroatoms. The molecule has 2 aromatic rings. The number of benzene rings is 1. The lowest BCUT2D eigenvalue weighted by Gasteiger charge is -2.01. The van der Waals surface area contributed by atoms with Crippen molar-refractivity contribution in [3.8, 4) is 11.5 Å². The van der Waals surface area contributed by atoms with Gasteiger partial charge in [0.1, 0.15) is 5.58 Å². The molecule has 0 fully saturated rings. The van der Waals surface area contributed by atoms with E-state index >= 15 is 0 Å². The number of rotatable bonds is 4. The maximum Gasteiger partial charge on any atom is 0.211 e. The van der Waals surface area contributed by atoms with E-state index < -0.39 is 0 Å². The van der Waals surface area contributed by atoms with E-state index in [0.29, 0.717) is 22.7 Å². The van der Waals surface area contributed by atoms with Crippen molar-refractivity contribution in [2.45, 2.75) is 0 Å². The van der Waals surface area contributed by atoms with E-state index in [4.69, 9.17) is 37.1 Å². The second kappa shape index (κ2) is 3.52. The minimum absolute atomic E-state index is 0.0835. The Balaban J connectivity index is 2.33. The van der Waals surface area contributed by atoms with Gasteiger partial charge in [0.05, 0.1) is 0 Å². The third-order valence-corrected chi connectivity index (χ3v) is 1.85. The van der Waals surface area contributed by atoms with E-state index in [-0.39, 0.29) is 12.1 Å². The quantitative estimate of drug-likeness (QED) is 0.743. The summed E-state index contributed by atoms with van der Waals surface area (Å²) in [5.74, 6) is 1.18. The zero-order valence-corrected chi connectivity index (χ0v) is 8.06. The lowest BCUT2D eigenvalue weighted by molar-refractivity contribution is 0.373. The lowest BCUT2D eigenvalue weighted by atomic mass is 10.3. The molecule has 2 heterocycles. The number of fused-ring (bicyclic) bond motifs is 2. The number of furan rings is 2. The molecule has 0 aliphatic carbocycles. The highest BCUT2D eigenvalue weighted by atomic mass is 35.5. The van der Waals surface area contributed by atoms with Gasteiger partial charge < -0.3 is 13.9 Å². The molecule has 0 radical (unpaired) electrons. The Labute approximate surface area is 84.4 Å². The van der Waals surface area contributed by atoms with E-state index in [1.54, 1.807) is 12.1 Å². The molecular formula is C8H6Cl2O3. The molecule has 0 saturated heterocycles. The minimum atomic E-state index is 0.0835. The van der Waals surface area contributed by atoms with Crippen molar-refractivity contribution in [2.24, 2.45) is 0 Å². The minimum Gasteiger partial charge on any atom is -0.474 e. The second-order valence-electron chi connectivity index (χ2n) is 2.36. The van der Waals surface area contributed by atoms with Crippen molar-refractivity contribution >= 4 is 34.4 Å². The van der Waals surface area contributed by atoms with Gasteiger partial charge in [-0.05, 0) is 0 Å². The van der Waals surface area contributed by atoms with E-state index in [2.05, 4.69) is 0 Å². The molecule has 0 aromatic carbocycles. The fourth-order valence-electron chi connectivity index (χ4n) is 1.16. The molecular weight excluding hydrogens is 215 g/mol. The second-order valence-corrected chi connectivity index (χ2v) is 2.79. The molecule has 2 aromatic heterocycles. The van der Waals surface area contributed by atoms with Gasteiger partial charge in [0, 0.05) is 12.1 Å². The lowest BCUT2D eigenvalue weighted by Crippen LogP contribution is -1.91. The van der Waals surface area contributed by atoms with Gasteiger partial charge in [-0.2, -0.15) is 0 Å². The largest absolute Gasteiger partial charge is 0.474 e. The van der Waals surface area contributed by atoms with Crippen LogP contribution in [0.5, 0.6) is 11.5 Å². The van der Waals surface area contributed by atoms with Crippen molar-refractivity contribution in [3.05, 3.63) is 12.1 Å². The first-order valence-corrected chi connectivity index (χ1v) is 4.65. The van der Waals surface area contributed by atoms with Gasteiger partial charge in [0.25, 0.3) is 0 Å². The molecule has 0 aliphatic rings. The summed E-state index contributed by atoms with van der Waals surface area (Å²) in [7, 11) is 0. The summed E-state index contributed by atoms with van der Waals surface area (Å²) >= 11 is 10.8. The summed E-state index contributed by atoms with van der Waals surface area (Å²) in [6.07, 6.45) is 0. The van der Waals surface area contributed by atoms with E-state index in [1.165, 1.54) is 0 Å².